The second-order valence-electron chi connectivity index (χ2n) is 5.83. The lowest BCUT2D eigenvalue weighted by Crippen LogP contribution is -2.15. The highest BCUT2D eigenvalue weighted by atomic mass is 16.5. The summed E-state index contributed by atoms with van der Waals surface area (Å²) < 4.78 is 5.09. The molecule has 0 aliphatic heterocycles. The van der Waals surface area contributed by atoms with Crippen LogP contribution in [0.25, 0.3) is 11.3 Å². The van der Waals surface area contributed by atoms with E-state index >= 15 is 0 Å². The van der Waals surface area contributed by atoms with Crippen LogP contribution < -0.4 is 5.32 Å². The summed E-state index contributed by atoms with van der Waals surface area (Å²) in [6.45, 7) is 6.29. The van der Waals surface area contributed by atoms with Gasteiger partial charge in [0.05, 0.1) is 29.1 Å². The lowest BCUT2D eigenvalue weighted by Gasteiger charge is -2.16. The van der Waals surface area contributed by atoms with Gasteiger partial charge in [0.1, 0.15) is 6.07 Å². The van der Waals surface area contributed by atoms with E-state index in [2.05, 4.69) is 30.2 Å². The molecule has 1 aromatic carbocycles. The number of carbonyl (C=O) groups is 1. The molecule has 0 spiro atoms. The van der Waals surface area contributed by atoms with Gasteiger partial charge in [-0.1, -0.05) is 19.4 Å². The molecule has 0 saturated carbocycles. The van der Waals surface area contributed by atoms with Crippen LogP contribution >= 0.6 is 0 Å². The van der Waals surface area contributed by atoms with E-state index in [1.165, 1.54) is 0 Å². The van der Waals surface area contributed by atoms with Crippen molar-refractivity contribution >= 4 is 11.7 Å². The van der Waals surface area contributed by atoms with Crippen LogP contribution in [-0.4, -0.2) is 23.6 Å². The van der Waals surface area contributed by atoms with E-state index in [1.54, 1.807) is 31.3 Å². The SMILES string of the molecule is CCCC(C)Nc1ccc(-c2ncccc2C(=O)OCC)cc1C#N. The summed E-state index contributed by atoms with van der Waals surface area (Å²) in [5.74, 6) is -0.414. The van der Waals surface area contributed by atoms with E-state index in [0.717, 1.165) is 18.5 Å². The summed E-state index contributed by atoms with van der Waals surface area (Å²) in [5, 5.41) is 12.9. The Morgan fingerprint density at radius 1 is 1.36 bits per heavy atom. The molecule has 25 heavy (non-hydrogen) atoms. The fraction of sp³-hybridized carbons (Fsp3) is 0.350. The molecule has 0 saturated heterocycles. The fourth-order valence-corrected chi connectivity index (χ4v) is 2.69. The molecule has 0 amide bonds. The summed E-state index contributed by atoms with van der Waals surface area (Å²) in [4.78, 5) is 16.5. The van der Waals surface area contributed by atoms with Crippen LogP contribution in [-0.2, 0) is 4.74 Å². The van der Waals surface area contributed by atoms with Crippen molar-refractivity contribution in [3.8, 4) is 17.3 Å². The molecule has 1 aromatic heterocycles. The summed E-state index contributed by atoms with van der Waals surface area (Å²) in [6, 6.07) is 11.4. The summed E-state index contributed by atoms with van der Waals surface area (Å²) in [7, 11) is 0. The average Bonchev–Trinajstić information content (AvgIpc) is 2.62. The molecule has 1 unspecified atom stereocenters. The first-order valence-electron chi connectivity index (χ1n) is 8.53. The molecular weight excluding hydrogens is 314 g/mol. The van der Waals surface area contributed by atoms with Gasteiger partial charge < -0.3 is 10.1 Å². The molecule has 0 aliphatic carbocycles. The number of rotatable bonds is 7. The number of benzene rings is 1. The average molecular weight is 337 g/mol. The summed E-state index contributed by atoms with van der Waals surface area (Å²) >= 11 is 0. The fourth-order valence-electron chi connectivity index (χ4n) is 2.69. The molecule has 0 fully saturated rings. The number of anilines is 1. The lowest BCUT2D eigenvalue weighted by atomic mass is 10.0. The van der Waals surface area contributed by atoms with E-state index in [-0.39, 0.29) is 6.04 Å². The van der Waals surface area contributed by atoms with Crippen LogP contribution in [0.3, 0.4) is 0 Å². The van der Waals surface area contributed by atoms with Crippen LogP contribution in [0.5, 0.6) is 0 Å². The van der Waals surface area contributed by atoms with E-state index in [0.29, 0.717) is 29.0 Å². The number of hydrogen-bond donors (Lipinski definition) is 1. The quantitative estimate of drug-likeness (QED) is 0.758. The van der Waals surface area contributed by atoms with Crippen LogP contribution in [0.15, 0.2) is 36.5 Å². The largest absolute Gasteiger partial charge is 0.462 e. The molecule has 2 aromatic rings. The zero-order valence-electron chi connectivity index (χ0n) is 14.9. The molecule has 5 heteroatoms. The Morgan fingerprint density at radius 3 is 2.84 bits per heavy atom. The highest BCUT2D eigenvalue weighted by molar-refractivity contribution is 5.96. The maximum absolute atomic E-state index is 12.1. The number of nitrogens with zero attached hydrogens (tertiary/aromatic N) is 2. The van der Waals surface area contributed by atoms with Gasteiger partial charge in [-0.25, -0.2) is 4.79 Å². The van der Waals surface area contributed by atoms with Crippen LogP contribution in [0.2, 0.25) is 0 Å². The molecule has 1 N–H and O–H groups in total. The summed E-state index contributed by atoms with van der Waals surface area (Å²) in [5.41, 5.74) is 2.95. The van der Waals surface area contributed by atoms with Gasteiger partial charge in [-0.05, 0) is 44.5 Å². The highest BCUT2D eigenvalue weighted by Crippen LogP contribution is 2.27. The Kier molecular flexibility index (Phi) is 6.53. The van der Waals surface area contributed by atoms with Crippen molar-refractivity contribution in [1.82, 2.24) is 4.98 Å². The second kappa shape index (κ2) is 8.84. The Morgan fingerprint density at radius 2 is 2.16 bits per heavy atom. The number of esters is 1. The number of hydrogen-bond acceptors (Lipinski definition) is 5. The van der Waals surface area contributed by atoms with Gasteiger partial charge in [0.25, 0.3) is 0 Å². The van der Waals surface area contributed by atoms with Gasteiger partial charge in [-0.3, -0.25) is 4.98 Å². The van der Waals surface area contributed by atoms with Crippen molar-refractivity contribution in [2.45, 2.75) is 39.7 Å². The predicted molar refractivity (Wildman–Crippen MR) is 98.3 cm³/mol. The number of nitrogens with one attached hydrogen (secondary N) is 1. The zero-order chi connectivity index (χ0) is 18.2. The standard InChI is InChI=1S/C20H23N3O2/c1-4-7-14(3)23-18-10-9-15(12-16(18)13-21)19-17(8-6-11-22-19)20(24)25-5-2/h6,8-12,14,23H,4-5,7H2,1-3H3. The number of carbonyl (C=O) groups excluding carboxylic acids is 1. The number of pyridine rings is 1. The maximum Gasteiger partial charge on any atom is 0.340 e. The van der Waals surface area contributed by atoms with E-state index in [1.807, 2.05) is 12.1 Å². The minimum absolute atomic E-state index is 0.285. The Bertz CT molecular complexity index is 781. The molecular formula is C20H23N3O2. The zero-order valence-corrected chi connectivity index (χ0v) is 14.9. The molecule has 130 valence electrons. The molecule has 0 bridgehead atoms. The van der Waals surface area contributed by atoms with Gasteiger partial charge in [0.15, 0.2) is 0 Å². The Hall–Kier alpha value is -2.87. The number of aromatic nitrogens is 1. The molecule has 1 heterocycles. The molecule has 1 atom stereocenters. The topological polar surface area (TPSA) is 75.0 Å². The Labute approximate surface area is 148 Å². The molecule has 0 radical (unpaired) electrons. The highest BCUT2D eigenvalue weighted by Gasteiger charge is 2.16. The molecule has 5 nitrogen and oxygen atoms in total. The van der Waals surface area contributed by atoms with Crippen molar-refractivity contribution in [2.24, 2.45) is 0 Å². The Balaban J connectivity index is 2.39. The van der Waals surface area contributed by atoms with Crippen LogP contribution in [0.4, 0.5) is 5.69 Å². The maximum atomic E-state index is 12.1. The van der Waals surface area contributed by atoms with E-state index in [4.69, 9.17) is 4.74 Å². The second-order valence-corrected chi connectivity index (χ2v) is 5.83. The summed E-state index contributed by atoms with van der Waals surface area (Å²) in [6.07, 6.45) is 3.73. The van der Waals surface area contributed by atoms with Crippen molar-refractivity contribution in [3.05, 3.63) is 47.7 Å². The van der Waals surface area contributed by atoms with Crippen molar-refractivity contribution in [1.29, 1.82) is 5.26 Å². The van der Waals surface area contributed by atoms with Crippen molar-refractivity contribution in [2.75, 3.05) is 11.9 Å². The normalized spacial score (nSPS) is 11.4. The van der Waals surface area contributed by atoms with Gasteiger partial charge in [0, 0.05) is 17.8 Å². The third-order valence-corrected chi connectivity index (χ3v) is 3.84. The third-order valence-electron chi connectivity index (χ3n) is 3.84. The monoisotopic (exact) mass is 337 g/mol. The van der Waals surface area contributed by atoms with E-state index in [9.17, 15) is 10.1 Å². The first-order valence-corrected chi connectivity index (χ1v) is 8.53. The van der Waals surface area contributed by atoms with Crippen LogP contribution in [0.1, 0.15) is 49.5 Å². The first kappa shape index (κ1) is 18.5. The molecule has 2 rings (SSSR count). The smallest absolute Gasteiger partial charge is 0.340 e. The predicted octanol–water partition coefficient (Wildman–Crippen LogP) is 4.40. The number of ether oxygens (including phenoxy) is 1. The lowest BCUT2D eigenvalue weighted by molar-refractivity contribution is 0.0527. The van der Waals surface area contributed by atoms with Gasteiger partial charge >= 0.3 is 5.97 Å². The van der Waals surface area contributed by atoms with Gasteiger partial charge in [0.2, 0.25) is 0 Å². The van der Waals surface area contributed by atoms with Gasteiger partial charge in [-0.15, -0.1) is 0 Å². The van der Waals surface area contributed by atoms with E-state index < -0.39 is 5.97 Å². The van der Waals surface area contributed by atoms with Crippen molar-refractivity contribution < 1.29 is 9.53 Å². The van der Waals surface area contributed by atoms with Crippen molar-refractivity contribution in [3.63, 3.8) is 0 Å². The minimum Gasteiger partial charge on any atom is -0.462 e. The third kappa shape index (κ3) is 4.57. The van der Waals surface area contributed by atoms with Crippen LogP contribution in [0, 0.1) is 11.3 Å². The molecule has 0 aliphatic rings. The minimum atomic E-state index is -0.414. The van der Waals surface area contributed by atoms with Gasteiger partial charge in [-0.2, -0.15) is 5.26 Å². The first-order chi connectivity index (χ1) is 12.1. The number of nitriles is 1.